The minimum atomic E-state index is -0.0409. The third kappa shape index (κ3) is 3.54. The van der Waals surface area contributed by atoms with E-state index in [1.165, 1.54) is 6.92 Å². The lowest BCUT2D eigenvalue weighted by atomic mass is 10.2. The minimum Gasteiger partial charge on any atom is -0.353 e. The van der Waals surface area contributed by atoms with E-state index in [1.54, 1.807) is 6.07 Å². The average molecular weight is 337 g/mol. The summed E-state index contributed by atoms with van der Waals surface area (Å²) >= 11 is 12.4. The summed E-state index contributed by atoms with van der Waals surface area (Å²) in [6.07, 6.45) is 3.92. The number of aryl methyl sites for hydroxylation is 1. The maximum absolute atomic E-state index is 10.9. The summed E-state index contributed by atoms with van der Waals surface area (Å²) in [6.45, 7) is 6.06. The highest BCUT2D eigenvalue weighted by Gasteiger charge is 2.13. The van der Waals surface area contributed by atoms with Crippen molar-refractivity contribution in [1.29, 1.82) is 0 Å². The van der Waals surface area contributed by atoms with Crippen LogP contribution in [0.3, 0.4) is 0 Å². The third-order valence-electron chi connectivity index (χ3n) is 3.41. The predicted molar refractivity (Wildman–Crippen MR) is 93.0 cm³/mol. The van der Waals surface area contributed by atoms with Crippen LogP contribution in [0.5, 0.6) is 0 Å². The van der Waals surface area contributed by atoms with E-state index in [0.717, 1.165) is 22.6 Å². The molecule has 1 aromatic carbocycles. The Morgan fingerprint density at radius 2 is 2.05 bits per heavy atom. The van der Waals surface area contributed by atoms with Crippen molar-refractivity contribution in [2.45, 2.75) is 20.8 Å². The second-order valence-corrected chi connectivity index (χ2v) is 5.86. The molecule has 1 amide bonds. The molecule has 0 spiro atoms. The minimum absolute atomic E-state index is 0.0409. The first kappa shape index (κ1) is 16.7. The van der Waals surface area contributed by atoms with Gasteiger partial charge in [0.15, 0.2) is 0 Å². The Labute approximate surface area is 140 Å². The molecule has 1 N–H and O–H groups in total. The van der Waals surface area contributed by atoms with Gasteiger partial charge in [0.2, 0.25) is 5.91 Å². The lowest BCUT2D eigenvalue weighted by Gasteiger charge is -2.12. The first-order valence-corrected chi connectivity index (χ1v) is 7.71. The van der Waals surface area contributed by atoms with Crippen LogP contribution in [0.1, 0.15) is 23.9 Å². The monoisotopic (exact) mass is 336 g/mol. The number of carbonyl (C=O) groups is 1. The van der Waals surface area contributed by atoms with Crippen LogP contribution in [0, 0.1) is 13.8 Å². The number of carbonyl (C=O) groups excluding carboxylic acids is 1. The molecule has 0 aliphatic rings. The lowest BCUT2D eigenvalue weighted by molar-refractivity contribution is -0.118. The van der Waals surface area contributed by atoms with Gasteiger partial charge < -0.3 is 9.88 Å². The Morgan fingerprint density at radius 1 is 1.32 bits per heavy atom. The van der Waals surface area contributed by atoms with Crippen molar-refractivity contribution in [3.8, 4) is 5.69 Å². The number of hydrogen-bond donors (Lipinski definition) is 1. The van der Waals surface area contributed by atoms with Crippen molar-refractivity contribution in [2.24, 2.45) is 0 Å². The Bertz CT molecular complexity index is 733. The molecule has 2 aromatic rings. The molecule has 0 atom stereocenters. The Morgan fingerprint density at radius 3 is 2.73 bits per heavy atom. The summed E-state index contributed by atoms with van der Waals surface area (Å²) in [5.74, 6) is -0.0409. The number of rotatable bonds is 4. The van der Waals surface area contributed by atoms with Crippen LogP contribution < -0.4 is 5.32 Å². The van der Waals surface area contributed by atoms with Crippen LogP contribution in [0.2, 0.25) is 10.0 Å². The molecule has 22 heavy (non-hydrogen) atoms. The van der Waals surface area contributed by atoms with Crippen LogP contribution in [0.4, 0.5) is 0 Å². The topological polar surface area (TPSA) is 34.0 Å². The number of amides is 1. The number of nitrogens with one attached hydrogen (secondary N) is 1. The van der Waals surface area contributed by atoms with Gasteiger partial charge in [0.05, 0.1) is 15.7 Å². The smallest absolute Gasteiger partial charge is 0.217 e. The zero-order valence-electron chi connectivity index (χ0n) is 12.8. The summed E-state index contributed by atoms with van der Waals surface area (Å²) < 4.78 is 2.08. The summed E-state index contributed by atoms with van der Waals surface area (Å²) in [4.78, 5) is 10.9. The molecule has 0 radical (unpaired) electrons. The van der Waals surface area contributed by atoms with Crippen molar-refractivity contribution in [1.82, 2.24) is 9.88 Å². The van der Waals surface area contributed by atoms with E-state index in [4.69, 9.17) is 23.2 Å². The summed E-state index contributed by atoms with van der Waals surface area (Å²) in [5.41, 5.74) is 4.09. The maximum Gasteiger partial charge on any atom is 0.217 e. The molecule has 0 unspecified atom stereocenters. The van der Waals surface area contributed by atoms with Gasteiger partial charge in [-0.25, -0.2) is 0 Å². The standard InChI is InChI=1S/C17H18Cl2N2O/c1-11-10-14(6-5-9-20-13(3)22)12(2)21(11)16-8-4-7-15(18)17(16)19/h4-8,10H,9H2,1-3H3,(H,20,22). The van der Waals surface area contributed by atoms with E-state index in [1.807, 2.05) is 38.1 Å². The van der Waals surface area contributed by atoms with Crippen molar-refractivity contribution >= 4 is 35.2 Å². The largest absolute Gasteiger partial charge is 0.353 e. The maximum atomic E-state index is 10.9. The number of aromatic nitrogens is 1. The first-order valence-electron chi connectivity index (χ1n) is 6.96. The Hall–Kier alpha value is -1.71. The third-order valence-corrected chi connectivity index (χ3v) is 4.22. The SMILES string of the molecule is CC(=O)NCC=Cc1cc(C)n(-c2cccc(Cl)c2Cl)c1C. The average Bonchev–Trinajstić information content (AvgIpc) is 2.73. The van der Waals surface area contributed by atoms with E-state index in [9.17, 15) is 4.79 Å². The summed E-state index contributed by atoms with van der Waals surface area (Å²) in [5, 5.41) is 3.81. The van der Waals surface area contributed by atoms with Gasteiger partial charge in [-0.1, -0.05) is 41.4 Å². The summed E-state index contributed by atoms with van der Waals surface area (Å²) in [6, 6.07) is 7.68. The van der Waals surface area contributed by atoms with Crippen LogP contribution in [0.25, 0.3) is 11.8 Å². The highest BCUT2D eigenvalue weighted by molar-refractivity contribution is 6.43. The van der Waals surface area contributed by atoms with Gasteiger partial charge in [-0.2, -0.15) is 0 Å². The predicted octanol–water partition coefficient (Wildman–Crippen LogP) is 4.55. The molecule has 0 bridgehead atoms. The quantitative estimate of drug-likeness (QED) is 0.872. The highest BCUT2D eigenvalue weighted by Crippen LogP contribution is 2.31. The van der Waals surface area contributed by atoms with E-state index in [-0.39, 0.29) is 5.91 Å². The molecule has 0 aliphatic carbocycles. The number of hydrogen-bond acceptors (Lipinski definition) is 1. The van der Waals surface area contributed by atoms with E-state index >= 15 is 0 Å². The fraction of sp³-hybridized carbons (Fsp3) is 0.235. The molecular weight excluding hydrogens is 319 g/mol. The zero-order valence-corrected chi connectivity index (χ0v) is 14.3. The van der Waals surface area contributed by atoms with Crippen molar-refractivity contribution in [2.75, 3.05) is 6.54 Å². The van der Waals surface area contributed by atoms with Gasteiger partial charge in [0, 0.05) is 24.9 Å². The van der Waals surface area contributed by atoms with Crippen molar-refractivity contribution < 1.29 is 4.79 Å². The molecular formula is C17H18Cl2N2O. The molecule has 3 nitrogen and oxygen atoms in total. The molecule has 0 saturated carbocycles. The fourth-order valence-corrected chi connectivity index (χ4v) is 2.76. The van der Waals surface area contributed by atoms with Gasteiger partial charge in [0.1, 0.15) is 0 Å². The van der Waals surface area contributed by atoms with Crippen LogP contribution >= 0.6 is 23.2 Å². The van der Waals surface area contributed by atoms with E-state index < -0.39 is 0 Å². The molecule has 0 aliphatic heterocycles. The van der Waals surface area contributed by atoms with Gasteiger partial charge >= 0.3 is 0 Å². The second kappa shape index (κ2) is 7.03. The molecule has 5 heteroatoms. The van der Waals surface area contributed by atoms with Crippen LogP contribution in [0.15, 0.2) is 30.3 Å². The number of nitrogens with zero attached hydrogens (tertiary/aromatic N) is 1. The van der Waals surface area contributed by atoms with E-state index in [0.29, 0.717) is 16.6 Å². The first-order chi connectivity index (χ1) is 10.4. The van der Waals surface area contributed by atoms with Gasteiger partial charge in [-0.15, -0.1) is 0 Å². The van der Waals surface area contributed by atoms with Crippen molar-refractivity contribution in [3.63, 3.8) is 0 Å². The molecule has 0 fully saturated rings. The molecule has 1 heterocycles. The molecule has 0 saturated heterocycles. The van der Waals surface area contributed by atoms with Crippen molar-refractivity contribution in [3.05, 3.63) is 57.3 Å². The Balaban J connectivity index is 2.35. The van der Waals surface area contributed by atoms with E-state index in [2.05, 4.69) is 16.0 Å². The molecule has 116 valence electrons. The summed E-state index contributed by atoms with van der Waals surface area (Å²) in [7, 11) is 0. The lowest BCUT2D eigenvalue weighted by Crippen LogP contribution is -2.19. The van der Waals surface area contributed by atoms with Gasteiger partial charge in [-0.3, -0.25) is 4.79 Å². The molecule has 1 aromatic heterocycles. The van der Waals surface area contributed by atoms with Crippen LogP contribution in [-0.2, 0) is 4.79 Å². The fourth-order valence-electron chi connectivity index (χ4n) is 2.38. The van der Waals surface area contributed by atoms with Gasteiger partial charge in [0.25, 0.3) is 0 Å². The Kier molecular flexibility index (Phi) is 5.33. The molecule has 2 rings (SSSR count). The zero-order chi connectivity index (χ0) is 16.3. The number of halogens is 2. The highest BCUT2D eigenvalue weighted by atomic mass is 35.5. The van der Waals surface area contributed by atoms with Crippen LogP contribution in [-0.4, -0.2) is 17.0 Å². The second-order valence-electron chi connectivity index (χ2n) is 5.07. The normalized spacial score (nSPS) is 11.1. The number of benzene rings is 1. The van der Waals surface area contributed by atoms with Gasteiger partial charge in [-0.05, 0) is 37.6 Å².